The van der Waals surface area contributed by atoms with Crippen molar-refractivity contribution in [3.8, 4) is 22.4 Å². The van der Waals surface area contributed by atoms with E-state index in [4.69, 9.17) is 9.47 Å². The van der Waals surface area contributed by atoms with Gasteiger partial charge in [0, 0.05) is 41.7 Å². The van der Waals surface area contributed by atoms with Crippen LogP contribution in [0.5, 0.6) is 0 Å². The number of likely N-dealkylation sites (tertiary alicyclic amines) is 1. The van der Waals surface area contributed by atoms with Crippen LogP contribution in [0.4, 0.5) is 9.18 Å². The van der Waals surface area contributed by atoms with Crippen molar-refractivity contribution < 1.29 is 23.5 Å². The Bertz CT molecular complexity index is 1690. The number of nitrogens with one attached hydrogen (secondary N) is 1. The quantitative estimate of drug-likeness (QED) is 0.189. The lowest BCUT2D eigenvalue weighted by Crippen LogP contribution is -2.50. The third-order valence-electron chi connectivity index (χ3n) is 7.94. The van der Waals surface area contributed by atoms with Crippen LogP contribution in [-0.4, -0.2) is 39.5 Å². The Balaban J connectivity index is 1.27. The number of halogens is 1. The van der Waals surface area contributed by atoms with Crippen LogP contribution < -0.4 is 0 Å². The van der Waals surface area contributed by atoms with E-state index >= 15 is 0 Å². The van der Waals surface area contributed by atoms with Gasteiger partial charge in [-0.3, -0.25) is 9.88 Å². The Labute approximate surface area is 255 Å². The molecule has 3 heterocycles. The van der Waals surface area contributed by atoms with Gasteiger partial charge in [-0.1, -0.05) is 72.8 Å². The molecule has 44 heavy (non-hydrogen) atoms. The van der Waals surface area contributed by atoms with Crippen molar-refractivity contribution in [2.45, 2.75) is 38.0 Å². The number of esters is 1. The summed E-state index contributed by atoms with van der Waals surface area (Å²) in [5, 5.41) is 0. The average Bonchev–Trinajstić information content (AvgIpc) is 3.53. The molecule has 3 aromatic carbocycles. The van der Waals surface area contributed by atoms with E-state index in [1.54, 1.807) is 24.5 Å². The zero-order valence-corrected chi connectivity index (χ0v) is 24.1. The number of H-pyrrole nitrogens is 1. The van der Waals surface area contributed by atoms with Gasteiger partial charge in [0.15, 0.2) is 0 Å². The van der Waals surface area contributed by atoms with E-state index < -0.39 is 18.1 Å². The number of benzene rings is 3. The number of rotatable bonds is 8. The summed E-state index contributed by atoms with van der Waals surface area (Å²) in [6, 6.07) is 30.3. The standard InChI is InChI=1S/C36H32FN3O4/c37-30-13-11-27(12-14-30)31-22-32(39-34(31)28-15-18-38-19-16-28)29-17-20-40(36(42)44-24-26-9-5-2-6-10-26)33(21-29)35(41)43-23-25-7-3-1-4-8-25/h1-16,18-19,22,29,33,39H,17,20-21,23-24H2. The molecule has 5 aromatic rings. The molecule has 1 N–H and O–H groups in total. The van der Waals surface area contributed by atoms with Crippen molar-refractivity contribution in [1.82, 2.24) is 14.9 Å². The molecule has 0 spiro atoms. The molecule has 0 radical (unpaired) electrons. The van der Waals surface area contributed by atoms with E-state index in [1.807, 2.05) is 72.8 Å². The Morgan fingerprint density at radius 1 is 0.818 bits per heavy atom. The zero-order valence-electron chi connectivity index (χ0n) is 24.1. The highest BCUT2D eigenvalue weighted by Gasteiger charge is 2.39. The molecule has 0 bridgehead atoms. The second-order valence-electron chi connectivity index (χ2n) is 10.8. The van der Waals surface area contributed by atoms with E-state index in [2.05, 4.69) is 16.0 Å². The van der Waals surface area contributed by atoms with Gasteiger partial charge in [-0.2, -0.15) is 0 Å². The number of carbonyl (C=O) groups is 2. The number of pyridine rings is 1. The first-order valence-electron chi connectivity index (χ1n) is 14.6. The summed E-state index contributed by atoms with van der Waals surface area (Å²) >= 11 is 0. The monoisotopic (exact) mass is 589 g/mol. The molecular formula is C36H32FN3O4. The van der Waals surface area contributed by atoms with Gasteiger partial charge in [0.25, 0.3) is 0 Å². The zero-order chi connectivity index (χ0) is 30.3. The summed E-state index contributed by atoms with van der Waals surface area (Å²) in [5.41, 5.74) is 6.24. The van der Waals surface area contributed by atoms with Gasteiger partial charge in [-0.05, 0) is 59.9 Å². The summed E-state index contributed by atoms with van der Waals surface area (Å²) in [4.78, 5) is 36.1. The fourth-order valence-electron chi connectivity index (χ4n) is 5.62. The molecule has 222 valence electrons. The molecule has 7 nitrogen and oxygen atoms in total. The molecule has 6 rings (SSSR count). The highest BCUT2D eigenvalue weighted by molar-refractivity contribution is 5.83. The first kappa shape index (κ1) is 28.9. The van der Waals surface area contributed by atoms with Crippen molar-refractivity contribution in [3.63, 3.8) is 0 Å². The lowest BCUT2D eigenvalue weighted by atomic mass is 9.88. The van der Waals surface area contributed by atoms with Crippen molar-refractivity contribution in [2.75, 3.05) is 6.54 Å². The number of hydrogen-bond donors (Lipinski definition) is 1. The van der Waals surface area contributed by atoms with Gasteiger partial charge in [-0.15, -0.1) is 0 Å². The summed E-state index contributed by atoms with van der Waals surface area (Å²) in [5.74, 6) is -0.856. The predicted molar refractivity (Wildman–Crippen MR) is 165 cm³/mol. The second kappa shape index (κ2) is 13.4. The average molecular weight is 590 g/mol. The maximum absolute atomic E-state index is 13.8. The topological polar surface area (TPSA) is 84.5 Å². The van der Waals surface area contributed by atoms with E-state index in [0.717, 1.165) is 39.2 Å². The maximum Gasteiger partial charge on any atom is 0.410 e. The molecule has 1 saturated heterocycles. The molecule has 1 fully saturated rings. The van der Waals surface area contributed by atoms with Crippen LogP contribution in [0, 0.1) is 5.82 Å². The number of aromatic nitrogens is 2. The van der Waals surface area contributed by atoms with Gasteiger partial charge >= 0.3 is 12.1 Å². The fraction of sp³-hybridized carbons (Fsp3) is 0.194. The minimum atomic E-state index is -0.831. The second-order valence-corrected chi connectivity index (χ2v) is 10.8. The molecule has 0 aliphatic carbocycles. The molecule has 2 aromatic heterocycles. The fourth-order valence-corrected chi connectivity index (χ4v) is 5.62. The van der Waals surface area contributed by atoms with Gasteiger partial charge < -0.3 is 14.5 Å². The summed E-state index contributed by atoms with van der Waals surface area (Å²) in [6.45, 7) is 0.536. The van der Waals surface area contributed by atoms with Crippen LogP contribution in [0.3, 0.4) is 0 Å². The van der Waals surface area contributed by atoms with Crippen LogP contribution in [-0.2, 0) is 27.5 Å². The molecule has 2 atom stereocenters. The number of hydrogen-bond acceptors (Lipinski definition) is 5. The van der Waals surface area contributed by atoms with E-state index in [-0.39, 0.29) is 24.9 Å². The van der Waals surface area contributed by atoms with E-state index in [1.165, 1.54) is 17.0 Å². The minimum absolute atomic E-state index is 0.0720. The van der Waals surface area contributed by atoms with Gasteiger partial charge in [0.05, 0.1) is 5.69 Å². The van der Waals surface area contributed by atoms with Crippen molar-refractivity contribution in [2.24, 2.45) is 0 Å². The normalized spacial score (nSPS) is 16.3. The van der Waals surface area contributed by atoms with Crippen LogP contribution in [0.2, 0.25) is 0 Å². The third-order valence-corrected chi connectivity index (χ3v) is 7.94. The Morgan fingerprint density at radius 3 is 2.11 bits per heavy atom. The predicted octanol–water partition coefficient (Wildman–Crippen LogP) is 7.51. The number of piperidine rings is 1. The summed E-state index contributed by atoms with van der Waals surface area (Å²) in [6.07, 6.45) is 3.87. The van der Waals surface area contributed by atoms with Gasteiger partial charge in [0.2, 0.25) is 0 Å². The minimum Gasteiger partial charge on any atom is -0.459 e. The van der Waals surface area contributed by atoms with Crippen molar-refractivity contribution in [1.29, 1.82) is 0 Å². The summed E-state index contributed by atoms with van der Waals surface area (Å²) in [7, 11) is 0. The largest absolute Gasteiger partial charge is 0.459 e. The smallest absolute Gasteiger partial charge is 0.410 e. The molecule has 8 heteroatoms. The molecular weight excluding hydrogens is 557 g/mol. The molecule has 2 unspecified atom stereocenters. The van der Waals surface area contributed by atoms with Crippen LogP contribution in [0.1, 0.15) is 35.6 Å². The lowest BCUT2D eigenvalue weighted by molar-refractivity contribution is -0.152. The van der Waals surface area contributed by atoms with Crippen molar-refractivity contribution >= 4 is 12.1 Å². The van der Waals surface area contributed by atoms with Crippen LogP contribution >= 0.6 is 0 Å². The van der Waals surface area contributed by atoms with Gasteiger partial charge in [0.1, 0.15) is 25.1 Å². The first-order valence-corrected chi connectivity index (χ1v) is 14.6. The SMILES string of the molecule is O=C(OCc1ccccc1)C1CC(c2cc(-c3ccc(F)cc3)c(-c3ccncc3)[nH]2)CCN1C(=O)OCc1ccccc1. The highest BCUT2D eigenvalue weighted by atomic mass is 19.1. The van der Waals surface area contributed by atoms with E-state index in [9.17, 15) is 14.0 Å². The molecule has 1 amide bonds. The number of amides is 1. The Hall–Kier alpha value is -5.24. The molecule has 0 saturated carbocycles. The lowest BCUT2D eigenvalue weighted by Gasteiger charge is -2.37. The number of carbonyl (C=O) groups excluding carboxylic acids is 2. The first-order chi connectivity index (χ1) is 21.5. The van der Waals surface area contributed by atoms with Crippen LogP contribution in [0.15, 0.2) is 116 Å². The molecule has 1 aliphatic rings. The van der Waals surface area contributed by atoms with Crippen LogP contribution in [0.25, 0.3) is 22.4 Å². The van der Waals surface area contributed by atoms with E-state index in [0.29, 0.717) is 19.4 Å². The summed E-state index contributed by atoms with van der Waals surface area (Å²) < 4.78 is 25.1. The Morgan fingerprint density at radius 2 is 1.45 bits per heavy atom. The van der Waals surface area contributed by atoms with Crippen molar-refractivity contribution in [3.05, 3.63) is 138 Å². The Kier molecular flexibility index (Phi) is 8.77. The van der Waals surface area contributed by atoms with Gasteiger partial charge in [-0.25, -0.2) is 14.0 Å². The third kappa shape index (κ3) is 6.70. The number of ether oxygens (including phenoxy) is 2. The number of nitrogens with zero attached hydrogens (tertiary/aromatic N) is 2. The molecule has 1 aliphatic heterocycles. The maximum atomic E-state index is 13.8. The number of aromatic amines is 1. The highest BCUT2D eigenvalue weighted by Crippen LogP contribution is 2.39.